The lowest BCUT2D eigenvalue weighted by atomic mass is 10.1. The standard InChI is InChI=1S/C15H17N3O2/c1-3-10-6-7-11(9-13(10)16)18-14(19)12-5-4-8-17-15(12)20-2/h4-9H,3,16H2,1-2H3,(H,18,19). The highest BCUT2D eigenvalue weighted by Gasteiger charge is 2.13. The molecule has 0 saturated heterocycles. The average Bonchev–Trinajstić information content (AvgIpc) is 2.47. The van der Waals surface area contributed by atoms with Crippen molar-refractivity contribution in [3.05, 3.63) is 47.7 Å². The molecule has 0 aliphatic heterocycles. The summed E-state index contributed by atoms with van der Waals surface area (Å²) in [7, 11) is 1.48. The predicted octanol–water partition coefficient (Wildman–Crippen LogP) is 2.49. The number of rotatable bonds is 4. The van der Waals surface area contributed by atoms with Crippen LogP contribution in [0.3, 0.4) is 0 Å². The number of aryl methyl sites for hydroxylation is 1. The summed E-state index contributed by atoms with van der Waals surface area (Å²) in [6, 6.07) is 8.83. The first-order valence-corrected chi connectivity index (χ1v) is 6.34. The fourth-order valence-electron chi connectivity index (χ4n) is 1.92. The highest BCUT2D eigenvalue weighted by Crippen LogP contribution is 2.20. The summed E-state index contributed by atoms with van der Waals surface area (Å²) in [6.07, 6.45) is 2.43. The average molecular weight is 271 g/mol. The Hall–Kier alpha value is -2.56. The fourth-order valence-corrected chi connectivity index (χ4v) is 1.92. The second kappa shape index (κ2) is 6.06. The molecule has 0 aliphatic rings. The third-order valence-corrected chi connectivity index (χ3v) is 2.99. The lowest BCUT2D eigenvalue weighted by molar-refractivity contribution is 0.102. The van der Waals surface area contributed by atoms with Crippen LogP contribution in [0.2, 0.25) is 0 Å². The molecule has 0 bridgehead atoms. The summed E-state index contributed by atoms with van der Waals surface area (Å²) >= 11 is 0. The molecule has 5 heteroatoms. The van der Waals surface area contributed by atoms with Crippen molar-refractivity contribution >= 4 is 17.3 Å². The van der Waals surface area contributed by atoms with Gasteiger partial charge in [0.1, 0.15) is 5.56 Å². The topological polar surface area (TPSA) is 77.2 Å². The summed E-state index contributed by atoms with van der Waals surface area (Å²) in [5.41, 5.74) is 8.67. The van der Waals surface area contributed by atoms with Gasteiger partial charge in [0.05, 0.1) is 7.11 Å². The number of nitrogen functional groups attached to an aromatic ring is 1. The third kappa shape index (κ3) is 2.88. The summed E-state index contributed by atoms with van der Waals surface area (Å²) in [4.78, 5) is 16.2. The number of ether oxygens (including phenoxy) is 1. The normalized spacial score (nSPS) is 10.1. The number of benzene rings is 1. The number of nitrogens with zero attached hydrogens (tertiary/aromatic N) is 1. The van der Waals surface area contributed by atoms with Gasteiger partial charge < -0.3 is 15.8 Å². The Kier molecular flexibility index (Phi) is 4.20. The van der Waals surface area contributed by atoms with Crippen molar-refractivity contribution in [1.29, 1.82) is 0 Å². The van der Waals surface area contributed by atoms with Gasteiger partial charge in [-0.05, 0) is 36.2 Å². The molecule has 0 unspecified atom stereocenters. The molecule has 1 heterocycles. The van der Waals surface area contributed by atoms with Gasteiger partial charge >= 0.3 is 0 Å². The first kappa shape index (κ1) is 13.9. The Balaban J connectivity index is 2.21. The molecule has 1 aromatic heterocycles. The number of aromatic nitrogens is 1. The molecular weight excluding hydrogens is 254 g/mol. The first-order valence-electron chi connectivity index (χ1n) is 6.34. The van der Waals surface area contributed by atoms with Crippen molar-refractivity contribution in [2.75, 3.05) is 18.2 Å². The summed E-state index contributed by atoms with van der Waals surface area (Å²) in [6.45, 7) is 2.03. The zero-order chi connectivity index (χ0) is 14.5. The molecule has 1 aromatic carbocycles. The van der Waals surface area contributed by atoms with Crippen LogP contribution in [0.25, 0.3) is 0 Å². The van der Waals surface area contributed by atoms with E-state index < -0.39 is 0 Å². The number of pyridine rings is 1. The molecule has 0 aliphatic carbocycles. The summed E-state index contributed by atoms with van der Waals surface area (Å²) in [5, 5.41) is 2.79. The van der Waals surface area contributed by atoms with Crippen LogP contribution < -0.4 is 15.8 Å². The number of methoxy groups -OCH3 is 1. The van der Waals surface area contributed by atoms with Gasteiger partial charge in [-0.1, -0.05) is 13.0 Å². The van der Waals surface area contributed by atoms with Crippen molar-refractivity contribution in [2.24, 2.45) is 0 Å². The van der Waals surface area contributed by atoms with Gasteiger partial charge in [-0.2, -0.15) is 0 Å². The van der Waals surface area contributed by atoms with Crippen LogP contribution >= 0.6 is 0 Å². The first-order chi connectivity index (χ1) is 9.65. The van der Waals surface area contributed by atoms with Crippen molar-refractivity contribution < 1.29 is 9.53 Å². The number of nitrogens with two attached hydrogens (primary N) is 1. The number of carbonyl (C=O) groups is 1. The van der Waals surface area contributed by atoms with E-state index in [-0.39, 0.29) is 5.91 Å². The zero-order valence-electron chi connectivity index (χ0n) is 11.5. The molecular formula is C15H17N3O2. The highest BCUT2D eigenvalue weighted by molar-refractivity contribution is 6.06. The van der Waals surface area contributed by atoms with E-state index in [2.05, 4.69) is 10.3 Å². The molecule has 3 N–H and O–H groups in total. The molecule has 20 heavy (non-hydrogen) atoms. The van der Waals surface area contributed by atoms with E-state index in [9.17, 15) is 4.79 Å². The monoisotopic (exact) mass is 271 g/mol. The quantitative estimate of drug-likeness (QED) is 0.837. The zero-order valence-corrected chi connectivity index (χ0v) is 11.5. The van der Waals surface area contributed by atoms with E-state index in [1.165, 1.54) is 7.11 Å². The maximum atomic E-state index is 12.2. The van der Waals surface area contributed by atoms with Gasteiger partial charge in [0.2, 0.25) is 5.88 Å². The number of hydrogen-bond donors (Lipinski definition) is 2. The highest BCUT2D eigenvalue weighted by atomic mass is 16.5. The smallest absolute Gasteiger partial charge is 0.261 e. The van der Waals surface area contributed by atoms with Crippen molar-refractivity contribution in [3.8, 4) is 5.88 Å². The van der Waals surface area contributed by atoms with Crippen LogP contribution in [0.1, 0.15) is 22.8 Å². The van der Waals surface area contributed by atoms with E-state index in [1.54, 1.807) is 24.4 Å². The minimum absolute atomic E-state index is 0.279. The van der Waals surface area contributed by atoms with Crippen LogP contribution in [0.15, 0.2) is 36.5 Å². The molecule has 2 rings (SSSR count). The Labute approximate surface area is 117 Å². The number of anilines is 2. The van der Waals surface area contributed by atoms with Gasteiger partial charge in [-0.15, -0.1) is 0 Å². The minimum Gasteiger partial charge on any atom is -0.480 e. The summed E-state index contributed by atoms with van der Waals surface area (Å²) < 4.78 is 5.07. The van der Waals surface area contributed by atoms with E-state index in [0.717, 1.165) is 12.0 Å². The van der Waals surface area contributed by atoms with Gasteiger partial charge in [-0.25, -0.2) is 4.98 Å². The van der Waals surface area contributed by atoms with Crippen molar-refractivity contribution in [1.82, 2.24) is 4.98 Å². The maximum absolute atomic E-state index is 12.2. The van der Waals surface area contributed by atoms with E-state index in [4.69, 9.17) is 10.5 Å². The van der Waals surface area contributed by atoms with Crippen LogP contribution in [0, 0.1) is 0 Å². The van der Waals surface area contributed by atoms with Crippen LogP contribution in [-0.2, 0) is 6.42 Å². The molecule has 2 aromatic rings. The maximum Gasteiger partial charge on any atom is 0.261 e. The van der Waals surface area contributed by atoms with Crippen LogP contribution in [0.5, 0.6) is 5.88 Å². The third-order valence-electron chi connectivity index (χ3n) is 2.99. The fraction of sp³-hybridized carbons (Fsp3) is 0.200. The number of carbonyl (C=O) groups excluding carboxylic acids is 1. The van der Waals surface area contributed by atoms with Crippen LogP contribution in [0.4, 0.5) is 11.4 Å². The largest absolute Gasteiger partial charge is 0.480 e. The molecule has 0 atom stereocenters. The van der Waals surface area contributed by atoms with Crippen molar-refractivity contribution in [2.45, 2.75) is 13.3 Å². The Morgan fingerprint density at radius 3 is 2.85 bits per heavy atom. The van der Waals surface area contributed by atoms with E-state index in [1.807, 2.05) is 19.1 Å². The molecule has 0 radical (unpaired) electrons. The molecule has 104 valence electrons. The number of nitrogens with one attached hydrogen (secondary N) is 1. The minimum atomic E-state index is -0.279. The molecule has 0 spiro atoms. The van der Waals surface area contributed by atoms with Crippen LogP contribution in [-0.4, -0.2) is 18.0 Å². The number of amides is 1. The van der Waals surface area contributed by atoms with E-state index in [0.29, 0.717) is 22.8 Å². The molecule has 0 fully saturated rings. The predicted molar refractivity (Wildman–Crippen MR) is 79.0 cm³/mol. The van der Waals surface area contributed by atoms with E-state index >= 15 is 0 Å². The van der Waals surface area contributed by atoms with Gasteiger partial charge in [0, 0.05) is 17.6 Å². The van der Waals surface area contributed by atoms with Gasteiger partial charge in [-0.3, -0.25) is 4.79 Å². The molecule has 0 saturated carbocycles. The van der Waals surface area contributed by atoms with Gasteiger partial charge in [0.25, 0.3) is 5.91 Å². The Morgan fingerprint density at radius 1 is 1.40 bits per heavy atom. The molecule has 1 amide bonds. The second-order valence-electron chi connectivity index (χ2n) is 4.28. The lowest BCUT2D eigenvalue weighted by Crippen LogP contribution is -2.14. The lowest BCUT2D eigenvalue weighted by Gasteiger charge is -2.10. The Morgan fingerprint density at radius 2 is 2.20 bits per heavy atom. The second-order valence-corrected chi connectivity index (χ2v) is 4.28. The summed E-state index contributed by atoms with van der Waals surface area (Å²) in [5.74, 6) is 0.0155. The molecule has 5 nitrogen and oxygen atoms in total. The SMILES string of the molecule is CCc1ccc(NC(=O)c2cccnc2OC)cc1N. The Bertz CT molecular complexity index is 626. The van der Waals surface area contributed by atoms with Crippen molar-refractivity contribution in [3.63, 3.8) is 0 Å². The van der Waals surface area contributed by atoms with Gasteiger partial charge in [0.15, 0.2) is 0 Å². The number of hydrogen-bond acceptors (Lipinski definition) is 4.